The first-order valence-corrected chi connectivity index (χ1v) is 6.03. The largest absolute Gasteiger partial charge is 0.372 e. The molecule has 1 saturated heterocycles. The van der Waals surface area contributed by atoms with Crippen LogP contribution in [0.1, 0.15) is 12.8 Å². The van der Waals surface area contributed by atoms with Crippen LogP contribution in [0.3, 0.4) is 0 Å². The van der Waals surface area contributed by atoms with Crippen molar-refractivity contribution < 1.29 is 8.78 Å². The van der Waals surface area contributed by atoms with Gasteiger partial charge in [0, 0.05) is 19.7 Å². The summed E-state index contributed by atoms with van der Waals surface area (Å²) in [6, 6.07) is 3.74. The highest BCUT2D eigenvalue weighted by Crippen LogP contribution is 2.21. The van der Waals surface area contributed by atoms with Crippen molar-refractivity contribution in [3.63, 3.8) is 0 Å². The van der Waals surface area contributed by atoms with E-state index in [0.717, 1.165) is 25.7 Å². The van der Waals surface area contributed by atoms with E-state index >= 15 is 0 Å². The van der Waals surface area contributed by atoms with Gasteiger partial charge in [0.1, 0.15) is 11.6 Å². The summed E-state index contributed by atoms with van der Waals surface area (Å²) in [5.74, 6) is -0.478. The van der Waals surface area contributed by atoms with Crippen LogP contribution in [-0.4, -0.2) is 26.7 Å². The zero-order valence-corrected chi connectivity index (χ0v) is 10.0. The fourth-order valence-electron chi connectivity index (χ4n) is 2.36. The minimum Gasteiger partial charge on any atom is -0.372 e. The summed E-state index contributed by atoms with van der Waals surface area (Å²) in [5, 5.41) is 3.33. The molecule has 1 unspecified atom stereocenters. The Kier molecular flexibility index (Phi) is 3.94. The van der Waals surface area contributed by atoms with Crippen molar-refractivity contribution >= 4 is 5.69 Å². The Hall–Kier alpha value is -1.16. The first-order valence-electron chi connectivity index (χ1n) is 6.03. The van der Waals surface area contributed by atoms with Crippen molar-refractivity contribution in [1.29, 1.82) is 0 Å². The number of nitrogens with one attached hydrogen (secondary N) is 1. The van der Waals surface area contributed by atoms with E-state index in [2.05, 4.69) is 5.32 Å². The summed E-state index contributed by atoms with van der Waals surface area (Å²) in [4.78, 5) is 1.87. The SMILES string of the molecule is CN(CC1CCCNC1)c1ccc(F)cc1F. The van der Waals surface area contributed by atoms with Crippen molar-refractivity contribution in [3.8, 4) is 0 Å². The summed E-state index contributed by atoms with van der Waals surface area (Å²) < 4.78 is 26.4. The highest BCUT2D eigenvalue weighted by atomic mass is 19.1. The maximum Gasteiger partial charge on any atom is 0.149 e. The molecule has 2 rings (SSSR count). The van der Waals surface area contributed by atoms with Crippen molar-refractivity contribution in [1.82, 2.24) is 5.32 Å². The Morgan fingerprint density at radius 2 is 2.24 bits per heavy atom. The first kappa shape index (κ1) is 12.3. The van der Waals surface area contributed by atoms with Gasteiger partial charge in [-0.1, -0.05) is 0 Å². The molecule has 1 heterocycles. The molecule has 1 aliphatic heterocycles. The second-order valence-electron chi connectivity index (χ2n) is 4.69. The lowest BCUT2D eigenvalue weighted by molar-refractivity contribution is 0.380. The van der Waals surface area contributed by atoms with E-state index in [9.17, 15) is 8.78 Å². The zero-order chi connectivity index (χ0) is 12.3. The van der Waals surface area contributed by atoms with Crippen LogP contribution in [0, 0.1) is 17.6 Å². The standard InChI is InChI=1S/C13H18F2N2/c1-17(9-10-3-2-6-16-8-10)13-5-4-11(14)7-12(13)15/h4-5,7,10,16H,2-3,6,8-9H2,1H3. The lowest BCUT2D eigenvalue weighted by Gasteiger charge is -2.29. The van der Waals surface area contributed by atoms with Crippen LogP contribution in [0.2, 0.25) is 0 Å². The molecular formula is C13H18F2N2. The van der Waals surface area contributed by atoms with E-state index in [1.165, 1.54) is 25.0 Å². The van der Waals surface area contributed by atoms with Crippen molar-refractivity contribution in [2.45, 2.75) is 12.8 Å². The van der Waals surface area contributed by atoms with Gasteiger partial charge in [-0.15, -0.1) is 0 Å². The Labute approximate surface area is 101 Å². The van der Waals surface area contributed by atoms with E-state index in [1.54, 1.807) is 0 Å². The van der Waals surface area contributed by atoms with Gasteiger partial charge in [-0.2, -0.15) is 0 Å². The minimum atomic E-state index is -0.529. The van der Waals surface area contributed by atoms with Crippen LogP contribution < -0.4 is 10.2 Å². The fraction of sp³-hybridized carbons (Fsp3) is 0.538. The van der Waals surface area contributed by atoms with E-state index in [-0.39, 0.29) is 0 Å². The van der Waals surface area contributed by atoms with Gasteiger partial charge in [0.2, 0.25) is 0 Å². The number of hydrogen-bond acceptors (Lipinski definition) is 2. The molecule has 0 aromatic heterocycles. The van der Waals surface area contributed by atoms with E-state index < -0.39 is 11.6 Å². The van der Waals surface area contributed by atoms with Gasteiger partial charge in [0.25, 0.3) is 0 Å². The number of rotatable bonds is 3. The highest BCUT2D eigenvalue weighted by molar-refractivity contribution is 5.47. The van der Waals surface area contributed by atoms with Gasteiger partial charge < -0.3 is 10.2 Å². The predicted octanol–water partition coefficient (Wildman–Crippen LogP) is 2.40. The van der Waals surface area contributed by atoms with E-state index in [4.69, 9.17) is 0 Å². The van der Waals surface area contributed by atoms with Gasteiger partial charge in [-0.3, -0.25) is 0 Å². The monoisotopic (exact) mass is 240 g/mol. The molecule has 0 aliphatic carbocycles. The third-order valence-corrected chi connectivity index (χ3v) is 3.25. The van der Waals surface area contributed by atoms with Crippen LogP contribution in [-0.2, 0) is 0 Å². The molecule has 0 saturated carbocycles. The van der Waals surface area contributed by atoms with Gasteiger partial charge in [-0.05, 0) is 44.0 Å². The molecular weight excluding hydrogens is 222 g/mol. The van der Waals surface area contributed by atoms with Crippen LogP contribution in [0.4, 0.5) is 14.5 Å². The van der Waals surface area contributed by atoms with Crippen molar-refractivity contribution in [2.75, 3.05) is 31.6 Å². The quantitative estimate of drug-likeness (QED) is 0.872. The summed E-state index contributed by atoms with van der Waals surface area (Å²) in [6.45, 7) is 2.85. The lowest BCUT2D eigenvalue weighted by Crippen LogP contribution is -2.37. The topological polar surface area (TPSA) is 15.3 Å². The third-order valence-electron chi connectivity index (χ3n) is 3.25. The Bertz CT molecular complexity index is 376. The summed E-state index contributed by atoms with van der Waals surface area (Å²) >= 11 is 0. The molecule has 1 fully saturated rings. The molecule has 94 valence electrons. The molecule has 1 atom stereocenters. The highest BCUT2D eigenvalue weighted by Gasteiger charge is 2.17. The molecule has 0 amide bonds. The third kappa shape index (κ3) is 3.16. The molecule has 1 aliphatic rings. The molecule has 0 bridgehead atoms. The Morgan fingerprint density at radius 1 is 1.41 bits per heavy atom. The first-order chi connectivity index (χ1) is 8.16. The van der Waals surface area contributed by atoms with Gasteiger partial charge in [-0.25, -0.2) is 8.78 Å². The number of anilines is 1. The van der Waals surface area contributed by atoms with Crippen LogP contribution in [0.5, 0.6) is 0 Å². The minimum absolute atomic E-state index is 0.469. The lowest BCUT2D eigenvalue weighted by atomic mass is 9.99. The molecule has 4 heteroatoms. The van der Waals surface area contributed by atoms with Gasteiger partial charge >= 0.3 is 0 Å². The summed E-state index contributed by atoms with van der Waals surface area (Å²) in [5.41, 5.74) is 0.469. The van der Waals surface area contributed by atoms with Gasteiger partial charge in [0.05, 0.1) is 5.69 Å². The smallest absolute Gasteiger partial charge is 0.149 e. The average molecular weight is 240 g/mol. The number of nitrogens with zero attached hydrogens (tertiary/aromatic N) is 1. The van der Waals surface area contributed by atoms with Crippen molar-refractivity contribution in [3.05, 3.63) is 29.8 Å². The number of benzene rings is 1. The predicted molar refractivity (Wildman–Crippen MR) is 65.2 cm³/mol. The van der Waals surface area contributed by atoms with E-state index in [0.29, 0.717) is 11.6 Å². The number of halogens is 2. The summed E-state index contributed by atoms with van der Waals surface area (Å²) in [6.07, 6.45) is 2.34. The molecule has 1 aromatic carbocycles. The van der Waals surface area contributed by atoms with E-state index in [1.807, 2.05) is 11.9 Å². The molecule has 1 aromatic rings. The van der Waals surface area contributed by atoms with Crippen LogP contribution >= 0.6 is 0 Å². The molecule has 1 N–H and O–H groups in total. The van der Waals surface area contributed by atoms with Gasteiger partial charge in [0.15, 0.2) is 0 Å². The fourth-order valence-corrected chi connectivity index (χ4v) is 2.36. The maximum absolute atomic E-state index is 13.6. The Balaban J connectivity index is 2.00. The van der Waals surface area contributed by atoms with Crippen LogP contribution in [0.15, 0.2) is 18.2 Å². The Morgan fingerprint density at radius 3 is 2.88 bits per heavy atom. The van der Waals surface area contributed by atoms with Crippen LogP contribution in [0.25, 0.3) is 0 Å². The second kappa shape index (κ2) is 5.45. The second-order valence-corrected chi connectivity index (χ2v) is 4.69. The number of hydrogen-bond donors (Lipinski definition) is 1. The zero-order valence-electron chi connectivity index (χ0n) is 10.0. The molecule has 2 nitrogen and oxygen atoms in total. The average Bonchev–Trinajstić information content (AvgIpc) is 2.30. The number of piperidine rings is 1. The molecule has 0 spiro atoms. The van der Waals surface area contributed by atoms with Crippen molar-refractivity contribution in [2.24, 2.45) is 5.92 Å². The molecule has 0 radical (unpaired) electrons. The summed E-state index contributed by atoms with van der Waals surface area (Å²) in [7, 11) is 1.85. The maximum atomic E-state index is 13.6. The molecule has 17 heavy (non-hydrogen) atoms. The normalized spacial score (nSPS) is 20.3.